The van der Waals surface area contributed by atoms with Gasteiger partial charge in [0, 0.05) is 6.61 Å². The van der Waals surface area contributed by atoms with Crippen LogP contribution in [0.2, 0.25) is 0 Å². The van der Waals surface area contributed by atoms with E-state index >= 15 is 0 Å². The van der Waals surface area contributed by atoms with Crippen LogP contribution in [-0.4, -0.2) is 47.4 Å². The number of carbonyl (C=O) groups is 2. The molecule has 0 amide bonds. The first-order valence-electron chi connectivity index (χ1n) is 5.29. The number of ether oxygens (including phenoxy) is 1. The van der Waals surface area contributed by atoms with Crippen molar-refractivity contribution in [3.05, 3.63) is 0 Å². The summed E-state index contributed by atoms with van der Waals surface area (Å²) < 4.78 is 5.01. The Hall–Kier alpha value is -1.14. The van der Waals surface area contributed by atoms with Crippen molar-refractivity contribution in [3.8, 4) is 0 Å². The fourth-order valence-electron chi connectivity index (χ4n) is 1.17. The zero-order valence-corrected chi connectivity index (χ0v) is 9.60. The fraction of sp³-hybridized carbons (Fsp3) is 0.800. The van der Waals surface area contributed by atoms with Gasteiger partial charge >= 0.3 is 11.9 Å². The minimum Gasteiger partial charge on any atom is -0.480 e. The van der Waals surface area contributed by atoms with Crippen LogP contribution in [0.4, 0.5) is 0 Å². The molecule has 0 aromatic heterocycles. The molecule has 0 rings (SSSR count). The number of hydrogen-bond acceptors (Lipinski definition) is 4. The Balaban J connectivity index is 3.70. The van der Waals surface area contributed by atoms with Crippen molar-refractivity contribution in [2.75, 3.05) is 13.2 Å². The highest BCUT2D eigenvalue weighted by Gasteiger charge is 2.17. The Bertz CT molecular complexity index is 231. The first-order chi connectivity index (χ1) is 7.49. The van der Waals surface area contributed by atoms with Crippen molar-refractivity contribution in [1.29, 1.82) is 0 Å². The molecular weight excluding hydrogens is 214 g/mol. The van der Waals surface area contributed by atoms with Gasteiger partial charge in [-0.25, -0.2) is 4.79 Å². The quantitative estimate of drug-likeness (QED) is 0.496. The van der Waals surface area contributed by atoms with Gasteiger partial charge in [0.2, 0.25) is 0 Å². The topological polar surface area (TPSA) is 95.9 Å². The average molecular weight is 233 g/mol. The molecule has 94 valence electrons. The lowest BCUT2D eigenvalue weighted by atomic mass is 10.2. The summed E-state index contributed by atoms with van der Waals surface area (Å²) in [6, 6.07) is -0.615. The summed E-state index contributed by atoms with van der Waals surface area (Å²) in [5.74, 6) is -1.90. The maximum Gasteiger partial charge on any atom is 0.332 e. The maximum absolute atomic E-state index is 10.7. The van der Waals surface area contributed by atoms with Gasteiger partial charge in [-0.2, -0.15) is 0 Å². The van der Waals surface area contributed by atoms with E-state index in [2.05, 4.69) is 5.32 Å². The van der Waals surface area contributed by atoms with Crippen molar-refractivity contribution >= 4 is 11.9 Å². The van der Waals surface area contributed by atoms with Crippen LogP contribution in [-0.2, 0) is 14.3 Å². The number of nitrogens with one attached hydrogen (secondary N) is 1. The molecule has 0 bridgehead atoms. The van der Waals surface area contributed by atoms with Gasteiger partial charge in [0.25, 0.3) is 0 Å². The van der Waals surface area contributed by atoms with Crippen LogP contribution in [0, 0.1) is 0 Å². The van der Waals surface area contributed by atoms with Gasteiger partial charge in [-0.3, -0.25) is 4.79 Å². The van der Waals surface area contributed by atoms with Crippen LogP contribution in [0.1, 0.15) is 26.7 Å². The van der Waals surface area contributed by atoms with E-state index in [1.165, 1.54) is 0 Å². The summed E-state index contributed by atoms with van der Waals surface area (Å²) in [4.78, 5) is 21.1. The summed E-state index contributed by atoms with van der Waals surface area (Å²) in [5, 5.41) is 20.1. The minimum atomic E-state index is -0.979. The highest BCUT2D eigenvalue weighted by atomic mass is 16.5. The Morgan fingerprint density at radius 3 is 2.38 bits per heavy atom. The smallest absolute Gasteiger partial charge is 0.332 e. The second-order valence-corrected chi connectivity index (χ2v) is 3.44. The fourth-order valence-corrected chi connectivity index (χ4v) is 1.17. The van der Waals surface area contributed by atoms with Gasteiger partial charge in [-0.05, 0) is 33.2 Å². The van der Waals surface area contributed by atoms with Gasteiger partial charge in [0.15, 0.2) is 6.10 Å². The van der Waals surface area contributed by atoms with E-state index in [-0.39, 0.29) is 0 Å². The van der Waals surface area contributed by atoms with E-state index in [9.17, 15) is 9.59 Å². The Morgan fingerprint density at radius 1 is 1.31 bits per heavy atom. The number of carboxylic acids is 2. The summed E-state index contributed by atoms with van der Waals surface area (Å²) >= 11 is 0. The van der Waals surface area contributed by atoms with Crippen LogP contribution < -0.4 is 5.32 Å². The predicted molar refractivity (Wildman–Crippen MR) is 57.4 cm³/mol. The third kappa shape index (κ3) is 6.36. The number of carboxylic acid groups (broad SMARTS) is 2. The lowest BCUT2D eigenvalue weighted by molar-refractivity contribution is -0.150. The zero-order chi connectivity index (χ0) is 12.6. The SMILES string of the molecule is CCO[C@@H](CCCNC(C)C(=O)O)C(=O)O. The molecular formula is C10H19NO5. The molecule has 0 saturated heterocycles. The van der Waals surface area contributed by atoms with Crippen molar-refractivity contribution < 1.29 is 24.5 Å². The van der Waals surface area contributed by atoms with E-state index in [0.29, 0.717) is 26.0 Å². The van der Waals surface area contributed by atoms with Crippen LogP contribution in [0.3, 0.4) is 0 Å². The van der Waals surface area contributed by atoms with Gasteiger partial charge in [-0.1, -0.05) is 0 Å². The molecule has 2 atom stereocenters. The number of aliphatic carboxylic acids is 2. The van der Waals surface area contributed by atoms with E-state index in [4.69, 9.17) is 14.9 Å². The molecule has 0 fully saturated rings. The molecule has 3 N–H and O–H groups in total. The van der Waals surface area contributed by atoms with Crippen LogP contribution >= 0.6 is 0 Å². The predicted octanol–water partition coefficient (Wildman–Crippen LogP) is 0.319. The molecule has 0 aromatic rings. The molecule has 1 unspecified atom stereocenters. The third-order valence-electron chi connectivity index (χ3n) is 2.11. The van der Waals surface area contributed by atoms with Gasteiger partial charge in [0.05, 0.1) is 0 Å². The van der Waals surface area contributed by atoms with Crippen molar-refractivity contribution in [2.24, 2.45) is 0 Å². The van der Waals surface area contributed by atoms with Gasteiger partial charge < -0.3 is 20.3 Å². The highest BCUT2D eigenvalue weighted by Crippen LogP contribution is 2.02. The molecule has 16 heavy (non-hydrogen) atoms. The molecule has 0 aliphatic heterocycles. The second kappa shape index (κ2) is 8.06. The lowest BCUT2D eigenvalue weighted by Gasteiger charge is -2.13. The van der Waals surface area contributed by atoms with Crippen molar-refractivity contribution in [1.82, 2.24) is 5.32 Å². The summed E-state index contributed by atoms with van der Waals surface area (Å²) in [5.41, 5.74) is 0. The molecule has 6 nitrogen and oxygen atoms in total. The molecule has 0 saturated carbocycles. The van der Waals surface area contributed by atoms with E-state index in [0.717, 1.165) is 0 Å². The molecule has 0 aliphatic carbocycles. The van der Waals surface area contributed by atoms with E-state index in [1.807, 2.05) is 0 Å². The molecule has 0 heterocycles. The second-order valence-electron chi connectivity index (χ2n) is 3.44. The molecule has 0 radical (unpaired) electrons. The standard InChI is InChI=1S/C10H19NO5/c1-3-16-8(10(14)15)5-4-6-11-7(2)9(12)13/h7-8,11H,3-6H2,1-2H3,(H,12,13)(H,14,15)/t7?,8-/m0/s1. The Kier molecular flexibility index (Phi) is 7.49. The van der Waals surface area contributed by atoms with Crippen molar-refractivity contribution in [2.45, 2.75) is 38.8 Å². The summed E-state index contributed by atoms with van der Waals surface area (Å²) in [7, 11) is 0. The molecule has 0 aliphatic rings. The largest absolute Gasteiger partial charge is 0.480 e. The Morgan fingerprint density at radius 2 is 1.94 bits per heavy atom. The minimum absolute atomic E-state index is 0.357. The number of hydrogen-bond donors (Lipinski definition) is 3. The number of rotatable bonds is 9. The summed E-state index contributed by atoms with van der Waals surface area (Å²) in [6.45, 7) is 4.10. The van der Waals surface area contributed by atoms with E-state index < -0.39 is 24.1 Å². The first-order valence-corrected chi connectivity index (χ1v) is 5.29. The normalized spacial score (nSPS) is 14.4. The molecule has 0 aromatic carbocycles. The Labute approximate surface area is 94.6 Å². The van der Waals surface area contributed by atoms with Crippen LogP contribution in [0.25, 0.3) is 0 Å². The highest BCUT2D eigenvalue weighted by molar-refractivity contribution is 5.73. The van der Waals surface area contributed by atoms with Crippen LogP contribution in [0.5, 0.6) is 0 Å². The monoisotopic (exact) mass is 233 g/mol. The molecule has 6 heteroatoms. The average Bonchev–Trinajstić information content (AvgIpc) is 2.21. The van der Waals surface area contributed by atoms with E-state index in [1.54, 1.807) is 13.8 Å². The van der Waals surface area contributed by atoms with Crippen molar-refractivity contribution in [3.63, 3.8) is 0 Å². The first kappa shape index (κ1) is 14.9. The lowest BCUT2D eigenvalue weighted by Crippen LogP contribution is -2.35. The van der Waals surface area contributed by atoms with Gasteiger partial charge in [-0.15, -0.1) is 0 Å². The maximum atomic E-state index is 10.7. The van der Waals surface area contributed by atoms with Crippen LogP contribution in [0.15, 0.2) is 0 Å². The third-order valence-corrected chi connectivity index (χ3v) is 2.11. The molecule has 0 spiro atoms. The zero-order valence-electron chi connectivity index (χ0n) is 9.60. The summed E-state index contributed by atoms with van der Waals surface area (Å²) in [6.07, 6.45) is 0.142. The van der Waals surface area contributed by atoms with Gasteiger partial charge in [0.1, 0.15) is 6.04 Å².